The lowest BCUT2D eigenvalue weighted by Crippen LogP contribution is -2.35. The van der Waals surface area contributed by atoms with E-state index in [-0.39, 0.29) is 6.10 Å². The van der Waals surface area contributed by atoms with Gasteiger partial charge in [0.05, 0.1) is 25.5 Å². The number of fused-ring (bicyclic) bond motifs is 3. The van der Waals surface area contributed by atoms with Crippen LogP contribution >= 0.6 is 0 Å². The zero-order chi connectivity index (χ0) is 18.6. The van der Waals surface area contributed by atoms with Gasteiger partial charge < -0.3 is 24.2 Å². The van der Waals surface area contributed by atoms with E-state index in [9.17, 15) is 5.11 Å². The van der Waals surface area contributed by atoms with Gasteiger partial charge in [-0.2, -0.15) is 0 Å². The number of aliphatic hydroxyl groups excluding tert-OH is 1. The molecule has 1 aromatic carbocycles. The SMILES string of the molecule is CC(O)C#Cc1ccc2c(c1)CCN1CN=C(OCC3COCCO3)C=C21. The number of benzene rings is 1. The van der Waals surface area contributed by atoms with E-state index in [4.69, 9.17) is 14.2 Å². The fourth-order valence-electron chi connectivity index (χ4n) is 3.39. The van der Waals surface area contributed by atoms with Crippen molar-refractivity contribution in [3.63, 3.8) is 0 Å². The fourth-order valence-corrected chi connectivity index (χ4v) is 3.39. The predicted molar refractivity (Wildman–Crippen MR) is 102 cm³/mol. The molecule has 0 radical (unpaired) electrons. The van der Waals surface area contributed by atoms with Crippen LogP contribution in [0, 0.1) is 11.8 Å². The second-order valence-corrected chi connectivity index (χ2v) is 6.88. The third-order valence-corrected chi connectivity index (χ3v) is 4.76. The fraction of sp³-hybridized carbons (Fsp3) is 0.476. The monoisotopic (exact) mass is 368 g/mol. The first-order valence-corrected chi connectivity index (χ1v) is 9.35. The van der Waals surface area contributed by atoms with E-state index in [1.54, 1.807) is 6.92 Å². The summed E-state index contributed by atoms with van der Waals surface area (Å²) in [6.07, 6.45) is 2.31. The number of aliphatic hydroxyl groups is 1. The summed E-state index contributed by atoms with van der Waals surface area (Å²) in [5.41, 5.74) is 4.52. The minimum absolute atomic E-state index is 0.0356. The number of rotatable bonds is 2. The van der Waals surface area contributed by atoms with E-state index in [0.29, 0.717) is 39.0 Å². The van der Waals surface area contributed by atoms with E-state index in [2.05, 4.69) is 33.9 Å². The molecule has 3 aliphatic heterocycles. The van der Waals surface area contributed by atoms with Gasteiger partial charge in [0.25, 0.3) is 0 Å². The van der Waals surface area contributed by atoms with E-state index in [1.807, 2.05) is 12.1 Å². The van der Waals surface area contributed by atoms with Crippen LogP contribution in [-0.2, 0) is 20.6 Å². The summed E-state index contributed by atoms with van der Waals surface area (Å²) in [6, 6.07) is 6.21. The Kier molecular flexibility index (Phi) is 5.44. The minimum Gasteiger partial charge on any atom is -0.475 e. The molecule has 0 amide bonds. The molecule has 6 nitrogen and oxygen atoms in total. The molecule has 0 saturated carbocycles. The van der Waals surface area contributed by atoms with Crippen molar-refractivity contribution in [1.29, 1.82) is 0 Å². The van der Waals surface area contributed by atoms with E-state index >= 15 is 0 Å². The van der Waals surface area contributed by atoms with E-state index < -0.39 is 6.10 Å². The molecular weight excluding hydrogens is 344 g/mol. The van der Waals surface area contributed by atoms with Crippen LogP contribution in [0.2, 0.25) is 0 Å². The van der Waals surface area contributed by atoms with E-state index in [0.717, 1.165) is 24.2 Å². The standard InChI is InChI=1S/C21H24N2O4/c1-15(24)2-3-16-4-5-19-17(10-16)6-7-23-14-22-21(11-20(19)23)27-13-18-12-25-8-9-26-18/h4-5,10-11,15,18,24H,6-9,12-14H2,1H3. The Morgan fingerprint density at radius 1 is 1.41 bits per heavy atom. The summed E-state index contributed by atoms with van der Waals surface area (Å²) in [6.45, 7) is 5.47. The van der Waals surface area contributed by atoms with Gasteiger partial charge in [0.2, 0.25) is 5.90 Å². The van der Waals surface area contributed by atoms with Gasteiger partial charge >= 0.3 is 0 Å². The smallest absolute Gasteiger partial charge is 0.212 e. The highest BCUT2D eigenvalue weighted by Crippen LogP contribution is 2.31. The van der Waals surface area contributed by atoms with Crippen LogP contribution < -0.4 is 0 Å². The molecule has 6 heteroatoms. The Labute approximate surface area is 159 Å². The van der Waals surface area contributed by atoms with Gasteiger partial charge in [0.15, 0.2) is 0 Å². The first-order chi connectivity index (χ1) is 13.2. The molecular formula is C21H24N2O4. The van der Waals surface area contributed by atoms with Gasteiger partial charge in [-0.15, -0.1) is 0 Å². The molecule has 3 heterocycles. The van der Waals surface area contributed by atoms with Gasteiger partial charge in [0, 0.05) is 23.7 Å². The van der Waals surface area contributed by atoms with Crippen LogP contribution in [0.4, 0.5) is 0 Å². The van der Waals surface area contributed by atoms with Crippen molar-refractivity contribution in [1.82, 2.24) is 4.90 Å². The highest BCUT2D eigenvalue weighted by molar-refractivity contribution is 5.96. The van der Waals surface area contributed by atoms with Gasteiger partial charge in [-0.1, -0.05) is 17.9 Å². The average molecular weight is 368 g/mol. The molecule has 2 unspecified atom stereocenters. The summed E-state index contributed by atoms with van der Waals surface area (Å²) in [5.74, 6) is 6.46. The quantitative estimate of drug-likeness (QED) is 0.800. The zero-order valence-corrected chi connectivity index (χ0v) is 15.5. The number of hydrogen-bond acceptors (Lipinski definition) is 6. The summed E-state index contributed by atoms with van der Waals surface area (Å²) < 4.78 is 16.9. The molecule has 1 N–H and O–H groups in total. The van der Waals surface area contributed by atoms with Crippen LogP contribution in [-0.4, -0.2) is 67.8 Å². The normalized spacial score (nSPS) is 22.4. The third kappa shape index (κ3) is 4.33. The molecule has 4 rings (SSSR count). The average Bonchev–Trinajstić information content (AvgIpc) is 2.71. The van der Waals surface area contributed by atoms with Crippen LogP contribution in [0.15, 0.2) is 29.3 Å². The lowest BCUT2D eigenvalue weighted by Gasteiger charge is -2.34. The summed E-state index contributed by atoms with van der Waals surface area (Å²) in [5, 5.41) is 9.35. The topological polar surface area (TPSA) is 63.5 Å². The first kappa shape index (κ1) is 18.1. The lowest BCUT2D eigenvalue weighted by atomic mass is 9.94. The van der Waals surface area contributed by atoms with Crippen molar-refractivity contribution in [2.75, 3.05) is 39.6 Å². The second kappa shape index (κ2) is 8.13. The Morgan fingerprint density at radius 2 is 2.33 bits per heavy atom. The zero-order valence-electron chi connectivity index (χ0n) is 15.5. The van der Waals surface area contributed by atoms with Gasteiger partial charge in [0.1, 0.15) is 25.5 Å². The Balaban J connectivity index is 1.49. The molecule has 1 saturated heterocycles. The van der Waals surface area contributed by atoms with E-state index in [1.165, 1.54) is 11.1 Å². The second-order valence-electron chi connectivity index (χ2n) is 6.88. The highest BCUT2D eigenvalue weighted by atomic mass is 16.6. The summed E-state index contributed by atoms with van der Waals surface area (Å²) in [4.78, 5) is 6.80. The van der Waals surface area contributed by atoms with Gasteiger partial charge in [-0.05, 0) is 31.0 Å². The molecule has 3 aliphatic rings. The molecule has 142 valence electrons. The maximum absolute atomic E-state index is 9.35. The Bertz CT molecular complexity index is 813. The summed E-state index contributed by atoms with van der Waals surface area (Å²) in [7, 11) is 0. The van der Waals surface area contributed by atoms with Crippen molar-refractivity contribution < 1.29 is 19.3 Å². The van der Waals surface area contributed by atoms with Crippen LogP contribution in [0.25, 0.3) is 5.70 Å². The molecule has 1 aromatic rings. The lowest BCUT2D eigenvalue weighted by molar-refractivity contribution is -0.103. The maximum atomic E-state index is 9.35. The predicted octanol–water partition coefficient (Wildman–Crippen LogP) is 1.42. The number of ether oxygens (including phenoxy) is 3. The molecule has 0 spiro atoms. The summed E-state index contributed by atoms with van der Waals surface area (Å²) >= 11 is 0. The Morgan fingerprint density at radius 3 is 3.15 bits per heavy atom. The van der Waals surface area contributed by atoms with Crippen LogP contribution in [0.3, 0.4) is 0 Å². The Hall–Kier alpha value is -2.33. The van der Waals surface area contributed by atoms with Crippen LogP contribution in [0.5, 0.6) is 0 Å². The van der Waals surface area contributed by atoms with Crippen molar-refractivity contribution in [3.05, 3.63) is 41.0 Å². The number of aliphatic imine (C=N–C) groups is 1. The van der Waals surface area contributed by atoms with Crippen molar-refractivity contribution in [2.24, 2.45) is 4.99 Å². The number of hydrogen-bond donors (Lipinski definition) is 1. The maximum Gasteiger partial charge on any atom is 0.212 e. The third-order valence-electron chi connectivity index (χ3n) is 4.76. The molecule has 1 fully saturated rings. The molecule has 27 heavy (non-hydrogen) atoms. The molecule has 2 atom stereocenters. The molecule has 0 aromatic heterocycles. The largest absolute Gasteiger partial charge is 0.475 e. The minimum atomic E-state index is -0.618. The van der Waals surface area contributed by atoms with Gasteiger partial charge in [-0.3, -0.25) is 0 Å². The highest BCUT2D eigenvalue weighted by Gasteiger charge is 2.25. The first-order valence-electron chi connectivity index (χ1n) is 9.35. The van der Waals surface area contributed by atoms with Crippen molar-refractivity contribution in [2.45, 2.75) is 25.6 Å². The molecule has 0 bridgehead atoms. The van der Waals surface area contributed by atoms with Crippen molar-refractivity contribution in [3.8, 4) is 11.8 Å². The molecule has 0 aliphatic carbocycles. The van der Waals surface area contributed by atoms with Gasteiger partial charge in [-0.25, -0.2) is 4.99 Å². The van der Waals surface area contributed by atoms with Crippen molar-refractivity contribution >= 4 is 11.6 Å². The van der Waals surface area contributed by atoms with Crippen LogP contribution in [0.1, 0.15) is 23.6 Å². The number of nitrogens with zero attached hydrogens (tertiary/aromatic N) is 2.